The Morgan fingerprint density at radius 2 is 0.844 bits per heavy atom. The van der Waals surface area contributed by atoms with Crippen LogP contribution in [0.25, 0.3) is 0 Å². The molecule has 0 aliphatic rings. The van der Waals surface area contributed by atoms with E-state index in [1.165, 1.54) is 103 Å². The molecule has 0 unspecified atom stereocenters. The van der Waals surface area contributed by atoms with E-state index in [0.29, 0.717) is 6.42 Å². The Morgan fingerprint density at radius 3 is 1.20 bits per heavy atom. The SMILES string of the molecule is CC(C)CCCCCCCCCCCCCCCCCC(=O)O[C@H](COC(=O)CCCCCCCCC(C)C)COP(=O)(O)O. The Bertz CT molecular complexity index is 737. The molecule has 0 spiro atoms. The van der Waals surface area contributed by atoms with Gasteiger partial charge in [-0.1, -0.05) is 163 Å². The van der Waals surface area contributed by atoms with Gasteiger partial charge >= 0.3 is 19.8 Å². The van der Waals surface area contributed by atoms with Crippen molar-refractivity contribution in [2.75, 3.05) is 13.2 Å². The van der Waals surface area contributed by atoms with Crippen molar-refractivity contribution in [3.63, 3.8) is 0 Å². The Kier molecular flexibility index (Phi) is 29.7. The lowest BCUT2D eigenvalue weighted by atomic mass is 10.0. The first kappa shape index (κ1) is 44.0. The maximum absolute atomic E-state index is 12.3. The van der Waals surface area contributed by atoms with E-state index in [4.69, 9.17) is 19.3 Å². The molecule has 9 heteroatoms. The fourth-order valence-electron chi connectivity index (χ4n) is 5.45. The summed E-state index contributed by atoms with van der Waals surface area (Å²) in [6.07, 6.45) is 27.1. The predicted molar refractivity (Wildman–Crippen MR) is 184 cm³/mol. The third-order valence-electron chi connectivity index (χ3n) is 8.23. The van der Waals surface area contributed by atoms with E-state index in [9.17, 15) is 14.2 Å². The van der Waals surface area contributed by atoms with Crippen LogP contribution in [-0.2, 0) is 28.2 Å². The van der Waals surface area contributed by atoms with Gasteiger partial charge < -0.3 is 19.3 Å². The molecule has 0 saturated carbocycles. The van der Waals surface area contributed by atoms with Crippen LogP contribution in [0.4, 0.5) is 0 Å². The molecular formula is C36H71O8P. The van der Waals surface area contributed by atoms with Gasteiger partial charge in [-0.15, -0.1) is 0 Å². The Labute approximate surface area is 276 Å². The van der Waals surface area contributed by atoms with E-state index in [0.717, 1.165) is 50.4 Å². The minimum atomic E-state index is -4.74. The fourth-order valence-corrected chi connectivity index (χ4v) is 5.81. The van der Waals surface area contributed by atoms with Crippen LogP contribution in [0.1, 0.15) is 188 Å². The molecule has 0 bridgehead atoms. The van der Waals surface area contributed by atoms with Crippen molar-refractivity contribution in [1.29, 1.82) is 0 Å². The third-order valence-corrected chi connectivity index (χ3v) is 8.72. The highest BCUT2D eigenvalue weighted by atomic mass is 31.2. The van der Waals surface area contributed by atoms with Crippen LogP contribution in [0.3, 0.4) is 0 Å². The molecule has 0 aromatic rings. The van der Waals surface area contributed by atoms with Crippen molar-refractivity contribution >= 4 is 19.8 Å². The maximum Gasteiger partial charge on any atom is 0.469 e. The highest BCUT2D eigenvalue weighted by Gasteiger charge is 2.22. The molecule has 0 aliphatic heterocycles. The number of carbonyl (C=O) groups excluding carboxylic acids is 2. The van der Waals surface area contributed by atoms with E-state index in [1.54, 1.807) is 0 Å². The van der Waals surface area contributed by atoms with Gasteiger partial charge in [0, 0.05) is 12.8 Å². The molecule has 0 rings (SSSR count). The molecule has 0 amide bonds. The first-order chi connectivity index (χ1) is 21.5. The van der Waals surface area contributed by atoms with Gasteiger partial charge in [-0.3, -0.25) is 14.1 Å². The summed E-state index contributed by atoms with van der Waals surface area (Å²) in [6.45, 7) is 8.27. The van der Waals surface area contributed by atoms with Gasteiger partial charge in [-0.2, -0.15) is 0 Å². The molecule has 8 nitrogen and oxygen atoms in total. The lowest BCUT2D eigenvalue weighted by Gasteiger charge is -2.18. The number of phosphoric acid groups is 1. The second-order valence-corrected chi connectivity index (χ2v) is 15.1. The quantitative estimate of drug-likeness (QED) is 0.0405. The largest absolute Gasteiger partial charge is 0.469 e. The standard InChI is InChI=1S/C36H71O8P/c1-32(2)26-22-18-14-12-10-8-6-5-7-9-11-13-15-21-25-29-36(38)44-34(31-43-45(39,40)41)30-42-35(37)28-24-20-17-16-19-23-27-33(3)4/h32-34H,5-31H2,1-4H3,(H2,39,40,41)/t34-/m1/s1. The predicted octanol–water partition coefficient (Wildman–Crippen LogP) is 10.6. The second-order valence-electron chi connectivity index (χ2n) is 13.9. The Balaban J connectivity index is 3.89. The molecule has 0 aromatic heterocycles. The summed E-state index contributed by atoms with van der Waals surface area (Å²) in [4.78, 5) is 42.6. The molecular weight excluding hydrogens is 591 g/mol. The van der Waals surface area contributed by atoms with Crippen molar-refractivity contribution < 1.29 is 37.9 Å². The third kappa shape index (κ3) is 35.7. The van der Waals surface area contributed by atoms with Gasteiger partial charge in [0.15, 0.2) is 6.10 Å². The number of esters is 2. The summed E-state index contributed by atoms with van der Waals surface area (Å²) < 4.78 is 26.2. The molecule has 0 heterocycles. The fraction of sp³-hybridized carbons (Fsp3) is 0.944. The summed E-state index contributed by atoms with van der Waals surface area (Å²) in [7, 11) is -4.74. The van der Waals surface area contributed by atoms with E-state index in [2.05, 4.69) is 32.2 Å². The van der Waals surface area contributed by atoms with Crippen molar-refractivity contribution in [3.8, 4) is 0 Å². The van der Waals surface area contributed by atoms with Crippen LogP contribution in [0, 0.1) is 11.8 Å². The van der Waals surface area contributed by atoms with Crippen molar-refractivity contribution in [3.05, 3.63) is 0 Å². The van der Waals surface area contributed by atoms with Crippen LogP contribution < -0.4 is 0 Å². The minimum absolute atomic E-state index is 0.218. The average molecular weight is 663 g/mol. The van der Waals surface area contributed by atoms with Gasteiger partial charge in [0.2, 0.25) is 0 Å². The highest BCUT2D eigenvalue weighted by Crippen LogP contribution is 2.36. The monoisotopic (exact) mass is 662 g/mol. The zero-order valence-corrected chi connectivity index (χ0v) is 30.5. The number of hydrogen-bond donors (Lipinski definition) is 2. The van der Waals surface area contributed by atoms with E-state index in [1.807, 2.05) is 0 Å². The summed E-state index contributed by atoms with van der Waals surface area (Å²) in [5, 5.41) is 0. The molecule has 0 radical (unpaired) electrons. The zero-order chi connectivity index (χ0) is 33.6. The average Bonchev–Trinajstić information content (AvgIpc) is 2.96. The van der Waals surface area contributed by atoms with Crippen molar-refractivity contribution in [2.24, 2.45) is 11.8 Å². The molecule has 0 fully saturated rings. The first-order valence-corrected chi connectivity index (χ1v) is 20.1. The van der Waals surface area contributed by atoms with Crippen LogP contribution in [0.5, 0.6) is 0 Å². The molecule has 0 saturated heterocycles. The van der Waals surface area contributed by atoms with Crippen LogP contribution in [0.15, 0.2) is 0 Å². The smallest absolute Gasteiger partial charge is 0.462 e. The number of rotatable bonds is 33. The number of carbonyl (C=O) groups is 2. The number of ether oxygens (including phenoxy) is 2. The van der Waals surface area contributed by atoms with Crippen molar-refractivity contribution in [1.82, 2.24) is 0 Å². The summed E-state index contributed by atoms with van der Waals surface area (Å²) in [6, 6.07) is 0. The van der Waals surface area contributed by atoms with Crippen LogP contribution in [-0.4, -0.2) is 41.0 Å². The van der Waals surface area contributed by atoms with Gasteiger partial charge in [-0.25, -0.2) is 4.57 Å². The molecule has 268 valence electrons. The first-order valence-electron chi connectivity index (χ1n) is 18.5. The van der Waals surface area contributed by atoms with Crippen LogP contribution in [0.2, 0.25) is 0 Å². The van der Waals surface area contributed by atoms with Gasteiger partial charge in [-0.05, 0) is 24.7 Å². The maximum atomic E-state index is 12.3. The number of phosphoric ester groups is 1. The summed E-state index contributed by atoms with van der Waals surface area (Å²) >= 11 is 0. The van der Waals surface area contributed by atoms with Crippen molar-refractivity contribution in [2.45, 2.75) is 194 Å². The molecule has 2 N–H and O–H groups in total. The zero-order valence-electron chi connectivity index (χ0n) is 29.6. The molecule has 0 aromatic carbocycles. The molecule has 1 atom stereocenters. The molecule has 45 heavy (non-hydrogen) atoms. The Hall–Kier alpha value is -0.950. The van der Waals surface area contributed by atoms with Gasteiger partial charge in [0.25, 0.3) is 0 Å². The topological polar surface area (TPSA) is 119 Å². The summed E-state index contributed by atoms with van der Waals surface area (Å²) in [5.74, 6) is 0.694. The minimum Gasteiger partial charge on any atom is -0.462 e. The second kappa shape index (κ2) is 30.4. The van der Waals surface area contributed by atoms with E-state index < -0.39 is 32.5 Å². The number of unbranched alkanes of at least 4 members (excludes halogenated alkanes) is 19. The van der Waals surface area contributed by atoms with Gasteiger partial charge in [0.1, 0.15) is 6.61 Å². The number of hydrogen-bond acceptors (Lipinski definition) is 6. The van der Waals surface area contributed by atoms with E-state index >= 15 is 0 Å². The summed E-state index contributed by atoms with van der Waals surface area (Å²) in [5.41, 5.74) is 0. The Morgan fingerprint density at radius 1 is 0.511 bits per heavy atom. The lowest BCUT2D eigenvalue weighted by molar-refractivity contribution is -0.161. The van der Waals surface area contributed by atoms with E-state index in [-0.39, 0.29) is 19.4 Å². The lowest BCUT2D eigenvalue weighted by Crippen LogP contribution is -2.29. The highest BCUT2D eigenvalue weighted by molar-refractivity contribution is 7.46. The van der Waals surface area contributed by atoms with Gasteiger partial charge in [0.05, 0.1) is 6.61 Å². The molecule has 0 aliphatic carbocycles. The van der Waals surface area contributed by atoms with Crippen LogP contribution >= 0.6 is 7.82 Å². The normalized spacial score (nSPS) is 12.6.